The summed E-state index contributed by atoms with van der Waals surface area (Å²) in [6.07, 6.45) is 0. The summed E-state index contributed by atoms with van der Waals surface area (Å²) in [7, 11) is 0. The highest BCUT2D eigenvalue weighted by atomic mass is 32.1. The number of rotatable bonds is 11. The molecule has 16 aromatic rings. The van der Waals surface area contributed by atoms with Crippen molar-refractivity contribution in [1.29, 1.82) is 0 Å². The minimum absolute atomic E-state index is 0.878. The van der Waals surface area contributed by atoms with Gasteiger partial charge in [0.2, 0.25) is 0 Å². The zero-order chi connectivity index (χ0) is 54.1. The first-order valence-electron chi connectivity index (χ1n) is 27.8. The molecule has 0 spiro atoms. The van der Waals surface area contributed by atoms with Crippen molar-refractivity contribution in [2.75, 3.05) is 14.7 Å². The fourth-order valence-corrected chi connectivity index (χ4v) is 13.5. The maximum atomic E-state index is 6.30. The van der Waals surface area contributed by atoms with Crippen LogP contribution in [0.4, 0.5) is 51.2 Å². The van der Waals surface area contributed by atoms with E-state index in [0.717, 1.165) is 106 Å². The van der Waals surface area contributed by atoms with Gasteiger partial charge in [-0.2, -0.15) is 0 Å². The summed E-state index contributed by atoms with van der Waals surface area (Å²) in [5, 5.41) is 9.33. The first-order chi connectivity index (χ1) is 40.7. The Hall–Kier alpha value is -10.7. The van der Waals surface area contributed by atoms with Crippen molar-refractivity contribution < 1.29 is 4.42 Å². The Morgan fingerprint density at radius 1 is 0.280 bits per heavy atom. The van der Waals surface area contributed by atoms with Gasteiger partial charge in [0.1, 0.15) is 11.2 Å². The van der Waals surface area contributed by atoms with Crippen LogP contribution in [0.1, 0.15) is 0 Å². The number of anilines is 9. The first-order valence-corrected chi connectivity index (χ1v) is 28.6. The van der Waals surface area contributed by atoms with Gasteiger partial charge in [0.15, 0.2) is 0 Å². The molecule has 0 unspecified atom stereocenters. The molecular weight excluding hydrogens is 1020 g/mol. The van der Waals surface area contributed by atoms with Gasteiger partial charge in [-0.05, 0) is 168 Å². The molecule has 0 aliphatic heterocycles. The lowest BCUT2D eigenvalue weighted by molar-refractivity contribution is 0.669. The van der Waals surface area contributed by atoms with E-state index in [-0.39, 0.29) is 0 Å². The van der Waals surface area contributed by atoms with Crippen LogP contribution in [0.3, 0.4) is 0 Å². The van der Waals surface area contributed by atoms with Gasteiger partial charge in [0, 0.05) is 92.6 Å². The smallest absolute Gasteiger partial charge is 0.135 e. The van der Waals surface area contributed by atoms with Gasteiger partial charge in [-0.25, -0.2) is 0 Å². The van der Waals surface area contributed by atoms with Crippen molar-refractivity contribution in [1.82, 2.24) is 4.57 Å². The molecule has 82 heavy (non-hydrogen) atoms. The molecule has 0 saturated carbocycles. The predicted octanol–water partition coefficient (Wildman–Crippen LogP) is 22.3. The number of para-hydroxylation sites is 6. The molecule has 0 fully saturated rings. The van der Waals surface area contributed by atoms with Gasteiger partial charge in [0.25, 0.3) is 0 Å². The molecule has 3 heterocycles. The minimum atomic E-state index is 0.878. The average Bonchev–Trinajstić information content (AvgIpc) is 3.95. The van der Waals surface area contributed by atoms with Crippen molar-refractivity contribution in [3.8, 4) is 16.8 Å². The summed E-state index contributed by atoms with van der Waals surface area (Å²) < 4.78 is 11.2. The molecule has 5 nitrogen and oxygen atoms in total. The summed E-state index contributed by atoms with van der Waals surface area (Å²) >= 11 is 1.84. The molecule has 0 atom stereocenters. The van der Waals surface area contributed by atoms with Crippen LogP contribution in [0.25, 0.3) is 91.5 Å². The van der Waals surface area contributed by atoms with Crippen LogP contribution in [0, 0.1) is 0 Å². The number of nitrogens with zero attached hydrogens (tertiary/aromatic N) is 4. The molecule has 0 bridgehead atoms. The second kappa shape index (κ2) is 19.6. The lowest BCUT2D eigenvalue weighted by Crippen LogP contribution is -2.10. The number of thiophene rings is 1. The zero-order valence-corrected chi connectivity index (χ0v) is 45.3. The number of hydrogen-bond acceptors (Lipinski definition) is 5. The van der Waals surface area contributed by atoms with Gasteiger partial charge in [-0.15, -0.1) is 11.3 Å². The third-order valence-corrected chi connectivity index (χ3v) is 17.2. The SMILES string of the molecule is c1ccc(N(c2ccc3oc4ccccc4c3c2)c2ccc3sc4ccc(N(c5ccccc5)c5cc(-c6ccc7c8c(N(c9ccccc9)c9ccccc9)cccc8n(-c8ccccc8)c7c6)cc6ccccc56)cc4c3c2)cc1. The molecule has 16 rings (SSSR count). The van der Waals surface area contributed by atoms with E-state index in [2.05, 4.69) is 310 Å². The summed E-state index contributed by atoms with van der Waals surface area (Å²) in [6.45, 7) is 0. The van der Waals surface area contributed by atoms with Crippen LogP contribution >= 0.6 is 11.3 Å². The van der Waals surface area contributed by atoms with E-state index in [1.54, 1.807) is 0 Å². The maximum absolute atomic E-state index is 6.30. The summed E-state index contributed by atoms with van der Waals surface area (Å²) in [4.78, 5) is 7.20. The maximum Gasteiger partial charge on any atom is 0.135 e. The van der Waals surface area contributed by atoms with Crippen molar-refractivity contribution in [2.24, 2.45) is 0 Å². The molecule has 0 aliphatic rings. The number of furan rings is 1. The van der Waals surface area contributed by atoms with E-state index in [9.17, 15) is 0 Å². The molecule has 0 radical (unpaired) electrons. The number of hydrogen-bond donors (Lipinski definition) is 0. The van der Waals surface area contributed by atoms with Crippen molar-refractivity contribution in [2.45, 2.75) is 0 Å². The van der Waals surface area contributed by atoms with E-state index in [4.69, 9.17) is 4.42 Å². The Morgan fingerprint density at radius 3 is 1.44 bits per heavy atom. The fourth-order valence-electron chi connectivity index (χ4n) is 12.4. The Balaban J connectivity index is 0.866. The Kier molecular flexibility index (Phi) is 11.3. The van der Waals surface area contributed by atoms with Crippen LogP contribution in [0.2, 0.25) is 0 Å². The van der Waals surface area contributed by atoms with Crippen LogP contribution < -0.4 is 14.7 Å². The zero-order valence-electron chi connectivity index (χ0n) is 44.5. The lowest BCUT2D eigenvalue weighted by Gasteiger charge is -2.28. The largest absolute Gasteiger partial charge is 0.456 e. The molecule has 0 aliphatic carbocycles. The Morgan fingerprint density at radius 2 is 0.793 bits per heavy atom. The third kappa shape index (κ3) is 7.99. The van der Waals surface area contributed by atoms with Crippen LogP contribution in [0.15, 0.2) is 308 Å². The predicted molar refractivity (Wildman–Crippen MR) is 348 cm³/mol. The quantitative estimate of drug-likeness (QED) is 0.129. The second-order valence-electron chi connectivity index (χ2n) is 20.9. The summed E-state index contributed by atoms with van der Waals surface area (Å²) in [5.41, 5.74) is 17.2. The summed E-state index contributed by atoms with van der Waals surface area (Å²) in [5.74, 6) is 0. The topological polar surface area (TPSA) is 27.8 Å². The number of fused-ring (bicyclic) bond motifs is 10. The van der Waals surface area contributed by atoms with Crippen molar-refractivity contribution in [3.63, 3.8) is 0 Å². The Labute approximate surface area is 478 Å². The molecule has 0 saturated heterocycles. The fraction of sp³-hybridized carbons (Fsp3) is 0. The van der Waals surface area contributed by atoms with E-state index >= 15 is 0 Å². The number of aromatic nitrogens is 1. The molecular formula is C76H50N4OS. The first kappa shape index (κ1) is 47.3. The average molecular weight is 1070 g/mol. The molecule has 386 valence electrons. The monoisotopic (exact) mass is 1070 g/mol. The highest BCUT2D eigenvalue weighted by molar-refractivity contribution is 7.25. The molecule has 0 N–H and O–H groups in total. The van der Waals surface area contributed by atoms with Gasteiger partial charge in [-0.1, -0.05) is 152 Å². The molecule has 3 aromatic heterocycles. The standard InChI is InChI=1S/C76H50N4OS/c1-6-22-54(23-7-1)77(59-38-42-73-65(48-59)63-33-18-19-36-72(63)81-73)60-39-43-74-66(49-60)67-50-61(40-44-75(67)82-74)79(57-28-12-4-13-29-57)70-47-53(45-52-21-16-17-32-62(52)70)51-37-41-64-71(46-51)80(58-30-14-5-15-31-58)69-35-20-34-68(76(64)69)78(55-24-8-2-9-25-55)56-26-10-3-11-27-56/h1-50H. The lowest BCUT2D eigenvalue weighted by atomic mass is 9.97. The van der Waals surface area contributed by atoms with Crippen molar-refractivity contribution in [3.05, 3.63) is 303 Å². The van der Waals surface area contributed by atoms with E-state index in [1.807, 2.05) is 23.5 Å². The third-order valence-electron chi connectivity index (χ3n) is 16.1. The number of benzene rings is 13. The molecule has 13 aromatic carbocycles. The van der Waals surface area contributed by atoms with E-state index < -0.39 is 0 Å². The van der Waals surface area contributed by atoms with Gasteiger partial charge in [-0.3, -0.25) is 0 Å². The molecule has 6 heteroatoms. The van der Waals surface area contributed by atoms with Crippen LogP contribution in [-0.2, 0) is 0 Å². The van der Waals surface area contributed by atoms with Gasteiger partial charge >= 0.3 is 0 Å². The summed E-state index contributed by atoms with van der Waals surface area (Å²) in [6, 6.07) is 110. The Bertz CT molecular complexity index is 5010. The van der Waals surface area contributed by atoms with Crippen molar-refractivity contribution >= 4 is 137 Å². The minimum Gasteiger partial charge on any atom is -0.456 e. The normalized spacial score (nSPS) is 11.7. The van der Waals surface area contributed by atoms with Crippen LogP contribution in [0.5, 0.6) is 0 Å². The highest BCUT2D eigenvalue weighted by Gasteiger charge is 2.24. The molecule has 0 amide bonds. The van der Waals surface area contributed by atoms with Gasteiger partial charge < -0.3 is 23.7 Å². The van der Waals surface area contributed by atoms with Crippen LogP contribution in [-0.4, -0.2) is 4.57 Å². The van der Waals surface area contributed by atoms with E-state index in [0.29, 0.717) is 0 Å². The highest BCUT2D eigenvalue weighted by Crippen LogP contribution is 2.49. The van der Waals surface area contributed by atoms with E-state index in [1.165, 1.54) is 36.3 Å². The van der Waals surface area contributed by atoms with Gasteiger partial charge in [0.05, 0.1) is 22.4 Å². The second-order valence-corrected chi connectivity index (χ2v) is 22.0.